The van der Waals surface area contributed by atoms with Crippen LogP contribution in [0, 0.1) is 0 Å². The second-order valence-electron chi connectivity index (χ2n) is 9.39. The Morgan fingerprint density at radius 3 is 2.59 bits per heavy atom. The number of nitrogens with zero attached hydrogens (tertiary/aromatic N) is 2. The maximum Gasteiger partial charge on any atom is 0.305 e. The fourth-order valence-corrected chi connectivity index (χ4v) is 4.42. The molecule has 2 atom stereocenters. The zero-order valence-corrected chi connectivity index (χ0v) is 21.3. The van der Waals surface area contributed by atoms with Crippen molar-refractivity contribution in [1.82, 2.24) is 20.9 Å². The van der Waals surface area contributed by atoms with Crippen LogP contribution >= 0.6 is 11.6 Å². The molecule has 5 N–H and O–H groups in total. The first-order valence-electron chi connectivity index (χ1n) is 12.1. The summed E-state index contributed by atoms with van der Waals surface area (Å²) < 4.78 is 40.5. The Kier molecular flexibility index (Phi) is 8.58. The summed E-state index contributed by atoms with van der Waals surface area (Å²) >= 11 is 6.16. The van der Waals surface area contributed by atoms with Crippen LogP contribution in [0.25, 0.3) is 0 Å². The summed E-state index contributed by atoms with van der Waals surface area (Å²) in [7, 11) is 0. The third-order valence-electron chi connectivity index (χ3n) is 6.43. The molecule has 1 fully saturated rings. The highest BCUT2D eigenvalue weighted by Crippen LogP contribution is 2.53. The largest absolute Gasteiger partial charge is 0.481 e. The standard InChI is InChI=1S/C25H26ClF3N6O4/c26-16-4-13(3-15(6-16)25(1-2-25)23(28)29)19(7-21(37)38)35-20(36)12-31-22(39)14-5-18(11-30-8-14)34-24-32-9-17(27)10-33-24/h3-6,8,11,17,19,23H,1-2,7,9-10,12H2,(H,31,39)(H,35,36)(H,37,38)(H2,32,33,34)/t19-/m0/s1. The number of guanidine groups is 1. The lowest BCUT2D eigenvalue weighted by atomic mass is 9.92. The molecule has 1 unspecified atom stereocenters. The number of aromatic nitrogens is 1. The molecule has 4 rings (SSSR count). The molecule has 1 aliphatic carbocycles. The number of carbonyl (C=O) groups is 3. The van der Waals surface area contributed by atoms with Crippen molar-refractivity contribution in [2.75, 3.05) is 25.0 Å². The number of carbonyl (C=O) groups excluding carboxylic acids is 2. The van der Waals surface area contributed by atoms with Crippen LogP contribution < -0.4 is 21.3 Å². The van der Waals surface area contributed by atoms with Crippen LogP contribution in [0.4, 0.5) is 18.9 Å². The van der Waals surface area contributed by atoms with Gasteiger partial charge in [0.25, 0.3) is 5.91 Å². The molecule has 0 saturated heterocycles. The molecule has 1 aromatic carbocycles. The van der Waals surface area contributed by atoms with E-state index < -0.39 is 54.8 Å². The van der Waals surface area contributed by atoms with Crippen LogP contribution in [0.3, 0.4) is 0 Å². The molecule has 208 valence electrons. The average Bonchev–Trinajstić information content (AvgIpc) is 3.70. The number of aliphatic carboxylic acids is 1. The number of anilines is 1. The van der Waals surface area contributed by atoms with Crippen molar-refractivity contribution in [2.24, 2.45) is 4.99 Å². The summed E-state index contributed by atoms with van der Waals surface area (Å²) in [6, 6.07) is 4.68. The van der Waals surface area contributed by atoms with Crippen LogP contribution in [-0.2, 0) is 15.0 Å². The maximum absolute atomic E-state index is 13.6. The van der Waals surface area contributed by atoms with E-state index in [-0.39, 0.29) is 47.6 Å². The minimum atomic E-state index is -2.61. The molecule has 0 spiro atoms. The Hall–Kier alpha value is -3.87. The number of carboxylic acid groups (broad SMARTS) is 1. The number of benzene rings is 1. The number of amides is 2. The van der Waals surface area contributed by atoms with Crippen LogP contribution in [0.5, 0.6) is 0 Å². The smallest absolute Gasteiger partial charge is 0.305 e. The van der Waals surface area contributed by atoms with Crippen molar-refractivity contribution >= 4 is 41.0 Å². The first kappa shape index (κ1) is 28.1. The van der Waals surface area contributed by atoms with Gasteiger partial charge in [0, 0.05) is 11.2 Å². The number of carboxylic acids is 1. The number of aliphatic imine (C=N–C) groups is 1. The predicted octanol–water partition coefficient (Wildman–Crippen LogP) is 2.80. The quantitative estimate of drug-likeness (QED) is 0.297. The zero-order valence-electron chi connectivity index (χ0n) is 20.5. The lowest BCUT2D eigenvalue weighted by molar-refractivity contribution is -0.137. The molecule has 39 heavy (non-hydrogen) atoms. The Balaban J connectivity index is 1.39. The minimum absolute atomic E-state index is 0.00448. The van der Waals surface area contributed by atoms with Gasteiger partial charge in [-0.1, -0.05) is 17.7 Å². The summed E-state index contributed by atoms with van der Waals surface area (Å²) in [5.74, 6) is -2.22. The van der Waals surface area contributed by atoms with Gasteiger partial charge in [-0.15, -0.1) is 0 Å². The molecular weight excluding hydrogens is 541 g/mol. The number of alkyl halides is 3. The van der Waals surface area contributed by atoms with E-state index in [1.807, 2.05) is 0 Å². The molecule has 2 aromatic rings. The average molecular weight is 567 g/mol. The third kappa shape index (κ3) is 7.16. The summed E-state index contributed by atoms with van der Waals surface area (Å²) in [5.41, 5.74) is -0.231. The van der Waals surface area contributed by atoms with Gasteiger partial charge in [-0.2, -0.15) is 0 Å². The molecule has 10 nitrogen and oxygen atoms in total. The molecule has 2 amide bonds. The van der Waals surface area contributed by atoms with E-state index in [0.717, 1.165) is 0 Å². The topological polar surface area (TPSA) is 145 Å². The number of pyridine rings is 1. The Morgan fingerprint density at radius 2 is 1.95 bits per heavy atom. The van der Waals surface area contributed by atoms with Crippen LogP contribution in [0.15, 0.2) is 41.7 Å². The van der Waals surface area contributed by atoms with Crippen LogP contribution in [0.2, 0.25) is 5.02 Å². The van der Waals surface area contributed by atoms with Gasteiger partial charge >= 0.3 is 5.97 Å². The SMILES string of the molecule is O=C(O)C[C@H](NC(=O)CNC(=O)c1cncc(NC2=NCC(F)CN2)c1)c1cc(Cl)cc(C2(C(F)F)CC2)c1. The van der Waals surface area contributed by atoms with Gasteiger partial charge in [-0.3, -0.25) is 19.4 Å². The van der Waals surface area contributed by atoms with Crippen molar-refractivity contribution < 1.29 is 32.7 Å². The predicted molar refractivity (Wildman–Crippen MR) is 137 cm³/mol. The molecule has 14 heteroatoms. The molecular formula is C25H26ClF3N6O4. The highest BCUT2D eigenvalue weighted by molar-refractivity contribution is 6.30. The highest BCUT2D eigenvalue weighted by Gasteiger charge is 2.52. The van der Waals surface area contributed by atoms with Gasteiger partial charge in [-0.25, -0.2) is 18.2 Å². The molecule has 1 aliphatic heterocycles. The number of hydrogen-bond donors (Lipinski definition) is 5. The Labute approximate surface area is 226 Å². The van der Waals surface area contributed by atoms with Crippen LogP contribution in [-0.4, -0.2) is 66.1 Å². The van der Waals surface area contributed by atoms with Crippen molar-refractivity contribution in [2.45, 2.75) is 43.3 Å². The maximum atomic E-state index is 13.6. The normalized spacial score (nSPS) is 18.4. The summed E-state index contributed by atoms with van der Waals surface area (Å²) in [4.78, 5) is 44.7. The minimum Gasteiger partial charge on any atom is -0.481 e. The van der Waals surface area contributed by atoms with E-state index in [0.29, 0.717) is 11.6 Å². The Morgan fingerprint density at radius 1 is 1.18 bits per heavy atom. The summed E-state index contributed by atoms with van der Waals surface area (Å²) in [6.45, 7) is -0.390. The van der Waals surface area contributed by atoms with E-state index in [1.165, 1.54) is 36.7 Å². The molecule has 2 heterocycles. The van der Waals surface area contributed by atoms with E-state index in [2.05, 4.69) is 31.2 Å². The number of nitrogens with one attached hydrogen (secondary N) is 4. The van der Waals surface area contributed by atoms with Gasteiger partial charge in [0.1, 0.15) is 6.17 Å². The number of halogens is 4. The molecule has 1 aromatic heterocycles. The van der Waals surface area contributed by atoms with E-state index in [1.54, 1.807) is 0 Å². The van der Waals surface area contributed by atoms with Gasteiger partial charge in [0.2, 0.25) is 12.3 Å². The molecule has 2 aliphatic rings. The molecule has 0 bridgehead atoms. The fraction of sp³-hybridized carbons (Fsp3) is 0.400. The first-order chi connectivity index (χ1) is 18.6. The number of rotatable bonds is 10. The van der Waals surface area contributed by atoms with Crippen molar-refractivity contribution in [3.8, 4) is 0 Å². The van der Waals surface area contributed by atoms with Gasteiger partial charge in [0.15, 0.2) is 5.96 Å². The second-order valence-corrected chi connectivity index (χ2v) is 9.82. The van der Waals surface area contributed by atoms with Gasteiger partial charge < -0.3 is 26.4 Å². The lowest BCUT2D eigenvalue weighted by Gasteiger charge is -2.21. The van der Waals surface area contributed by atoms with Gasteiger partial charge in [-0.05, 0) is 42.2 Å². The zero-order chi connectivity index (χ0) is 28.2. The van der Waals surface area contributed by atoms with E-state index in [9.17, 15) is 32.7 Å². The van der Waals surface area contributed by atoms with Crippen molar-refractivity contribution in [1.29, 1.82) is 0 Å². The Bertz CT molecular complexity index is 1290. The summed E-state index contributed by atoms with van der Waals surface area (Å²) in [5, 5.41) is 20.1. The molecule has 1 saturated carbocycles. The first-order valence-corrected chi connectivity index (χ1v) is 12.5. The molecule has 0 radical (unpaired) electrons. The van der Waals surface area contributed by atoms with Crippen molar-refractivity contribution in [3.63, 3.8) is 0 Å². The lowest BCUT2D eigenvalue weighted by Crippen LogP contribution is -2.41. The highest BCUT2D eigenvalue weighted by atomic mass is 35.5. The van der Waals surface area contributed by atoms with Crippen molar-refractivity contribution in [3.05, 3.63) is 58.4 Å². The second kappa shape index (κ2) is 11.9. The fourth-order valence-electron chi connectivity index (χ4n) is 4.17. The van der Waals surface area contributed by atoms with E-state index >= 15 is 0 Å². The van der Waals surface area contributed by atoms with Gasteiger partial charge in [0.05, 0.1) is 55.0 Å². The van der Waals surface area contributed by atoms with Crippen LogP contribution in [0.1, 0.15) is 46.8 Å². The number of hydrogen-bond acceptors (Lipinski definition) is 7. The monoisotopic (exact) mass is 566 g/mol. The van der Waals surface area contributed by atoms with E-state index in [4.69, 9.17) is 11.6 Å². The third-order valence-corrected chi connectivity index (χ3v) is 6.65. The summed E-state index contributed by atoms with van der Waals surface area (Å²) in [6.07, 6.45) is -0.945.